The molecule has 1 aromatic carbocycles. The first-order valence-electron chi connectivity index (χ1n) is 6.50. The van der Waals surface area contributed by atoms with Crippen molar-refractivity contribution in [2.75, 3.05) is 13.7 Å². The number of hydrogen-bond acceptors (Lipinski definition) is 4. The summed E-state index contributed by atoms with van der Waals surface area (Å²) in [4.78, 5) is 22.9. The topological polar surface area (TPSA) is 52.6 Å². The summed E-state index contributed by atoms with van der Waals surface area (Å²) < 4.78 is 9.90. The van der Waals surface area contributed by atoms with E-state index in [9.17, 15) is 9.59 Å². The van der Waals surface area contributed by atoms with Crippen LogP contribution in [0.5, 0.6) is 5.75 Å². The second-order valence-corrected chi connectivity index (χ2v) is 4.17. The summed E-state index contributed by atoms with van der Waals surface area (Å²) in [6.45, 7) is 2.48. The van der Waals surface area contributed by atoms with E-state index in [1.54, 1.807) is 12.1 Å². The number of ketones is 1. The van der Waals surface area contributed by atoms with Gasteiger partial charge in [0.15, 0.2) is 5.78 Å². The molecule has 104 valence electrons. The molecule has 0 radical (unpaired) electrons. The number of rotatable bonds is 8. The maximum Gasteiger partial charge on any atom is 0.305 e. The van der Waals surface area contributed by atoms with Crippen LogP contribution in [0.1, 0.15) is 43.0 Å². The molecule has 0 amide bonds. The second-order valence-electron chi connectivity index (χ2n) is 4.17. The maximum atomic E-state index is 11.9. The van der Waals surface area contributed by atoms with Crippen LogP contribution >= 0.6 is 0 Å². The SMILES string of the molecule is CCOc1cccc(C(=O)CCCCC(=O)OC)c1. The van der Waals surface area contributed by atoms with Gasteiger partial charge in [0.1, 0.15) is 5.75 Å². The summed E-state index contributed by atoms with van der Waals surface area (Å²) in [6, 6.07) is 7.18. The number of ether oxygens (including phenoxy) is 2. The van der Waals surface area contributed by atoms with E-state index in [1.165, 1.54) is 7.11 Å². The Morgan fingerprint density at radius 1 is 1.16 bits per heavy atom. The lowest BCUT2D eigenvalue weighted by Crippen LogP contribution is -2.02. The number of carbonyl (C=O) groups excluding carboxylic acids is 2. The van der Waals surface area contributed by atoms with E-state index in [-0.39, 0.29) is 11.8 Å². The molecule has 0 N–H and O–H groups in total. The van der Waals surface area contributed by atoms with Crippen LogP contribution in [0.15, 0.2) is 24.3 Å². The molecule has 0 heterocycles. The number of esters is 1. The molecule has 0 spiro atoms. The Morgan fingerprint density at radius 2 is 1.89 bits per heavy atom. The van der Waals surface area contributed by atoms with Crippen LogP contribution in [0.3, 0.4) is 0 Å². The Bertz CT molecular complexity index is 426. The molecule has 4 nitrogen and oxygen atoms in total. The van der Waals surface area contributed by atoms with Gasteiger partial charge in [0.05, 0.1) is 13.7 Å². The molecule has 0 aliphatic rings. The third-order valence-corrected chi connectivity index (χ3v) is 2.73. The lowest BCUT2D eigenvalue weighted by molar-refractivity contribution is -0.140. The van der Waals surface area contributed by atoms with E-state index < -0.39 is 0 Å². The highest BCUT2D eigenvalue weighted by Crippen LogP contribution is 2.16. The van der Waals surface area contributed by atoms with Gasteiger partial charge in [0.2, 0.25) is 0 Å². The number of benzene rings is 1. The largest absolute Gasteiger partial charge is 0.494 e. The predicted molar refractivity (Wildman–Crippen MR) is 72.4 cm³/mol. The maximum absolute atomic E-state index is 11.9. The monoisotopic (exact) mass is 264 g/mol. The quantitative estimate of drug-likeness (QED) is 0.411. The number of unbranched alkanes of at least 4 members (excludes halogenated alkanes) is 1. The first-order valence-corrected chi connectivity index (χ1v) is 6.50. The van der Waals surface area contributed by atoms with Crippen molar-refractivity contribution in [3.05, 3.63) is 29.8 Å². The minimum Gasteiger partial charge on any atom is -0.494 e. The molecular weight excluding hydrogens is 244 g/mol. The fraction of sp³-hybridized carbons (Fsp3) is 0.467. The molecule has 19 heavy (non-hydrogen) atoms. The molecule has 0 bridgehead atoms. The number of hydrogen-bond donors (Lipinski definition) is 0. The highest BCUT2D eigenvalue weighted by Gasteiger charge is 2.07. The lowest BCUT2D eigenvalue weighted by Gasteiger charge is -2.05. The first-order chi connectivity index (χ1) is 9.17. The smallest absolute Gasteiger partial charge is 0.305 e. The van der Waals surface area contributed by atoms with E-state index in [4.69, 9.17) is 4.74 Å². The molecule has 4 heteroatoms. The van der Waals surface area contributed by atoms with Crippen LogP contribution in [0.2, 0.25) is 0 Å². The van der Waals surface area contributed by atoms with E-state index in [2.05, 4.69) is 4.74 Å². The van der Waals surface area contributed by atoms with Crippen molar-refractivity contribution in [2.24, 2.45) is 0 Å². The van der Waals surface area contributed by atoms with Gasteiger partial charge in [-0.15, -0.1) is 0 Å². The molecule has 0 saturated carbocycles. The highest BCUT2D eigenvalue weighted by atomic mass is 16.5. The summed E-state index contributed by atoms with van der Waals surface area (Å²) in [7, 11) is 1.37. The van der Waals surface area contributed by atoms with E-state index in [0.29, 0.717) is 43.6 Å². The van der Waals surface area contributed by atoms with Gasteiger partial charge in [0, 0.05) is 18.4 Å². The summed E-state index contributed by atoms with van der Waals surface area (Å²) in [5, 5.41) is 0. The zero-order valence-corrected chi connectivity index (χ0v) is 11.5. The lowest BCUT2D eigenvalue weighted by atomic mass is 10.0. The second kappa shape index (κ2) is 8.29. The van der Waals surface area contributed by atoms with E-state index >= 15 is 0 Å². The zero-order chi connectivity index (χ0) is 14.1. The molecule has 0 saturated heterocycles. The standard InChI is InChI=1S/C15H20O4/c1-3-19-13-8-6-7-12(11-13)14(16)9-4-5-10-15(17)18-2/h6-8,11H,3-5,9-10H2,1-2H3. The third kappa shape index (κ3) is 5.55. The van der Waals surface area contributed by atoms with Gasteiger partial charge in [-0.05, 0) is 31.9 Å². The average molecular weight is 264 g/mol. The van der Waals surface area contributed by atoms with Crippen LogP contribution in [0, 0.1) is 0 Å². The molecular formula is C15H20O4. The van der Waals surface area contributed by atoms with E-state index in [1.807, 2.05) is 19.1 Å². The number of Topliss-reactive ketones (excluding diaryl/α,β-unsaturated/α-hetero) is 1. The van der Waals surface area contributed by atoms with Crippen molar-refractivity contribution in [3.63, 3.8) is 0 Å². The van der Waals surface area contributed by atoms with Crippen molar-refractivity contribution in [3.8, 4) is 5.75 Å². The molecule has 0 aliphatic carbocycles. The molecule has 1 aromatic rings. The van der Waals surface area contributed by atoms with E-state index in [0.717, 1.165) is 0 Å². The van der Waals surface area contributed by atoms with Crippen molar-refractivity contribution in [1.82, 2.24) is 0 Å². The van der Waals surface area contributed by atoms with Gasteiger partial charge < -0.3 is 9.47 Å². The van der Waals surface area contributed by atoms with Gasteiger partial charge in [-0.25, -0.2) is 0 Å². The van der Waals surface area contributed by atoms with Crippen molar-refractivity contribution in [2.45, 2.75) is 32.6 Å². The molecule has 0 atom stereocenters. The third-order valence-electron chi connectivity index (χ3n) is 2.73. The van der Waals surface area contributed by atoms with Crippen molar-refractivity contribution in [1.29, 1.82) is 0 Å². The Hall–Kier alpha value is -1.84. The highest BCUT2D eigenvalue weighted by molar-refractivity contribution is 5.96. The van der Waals surface area contributed by atoms with Crippen molar-refractivity contribution >= 4 is 11.8 Å². The predicted octanol–water partition coefficient (Wildman–Crippen LogP) is 3.00. The normalized spacial score (nSPS) is 10.0. The summed E-state index contributed by atoms with van der Waals surface area (Å²) in [5.41, 5.74) is 0.656. The molecule has 0 aliphatic heterocycles. The van der Waals surface area contributed by atoms with Crippen LogP contribution in [0.25, 0.3) is 0 Å². The van der Waals surface area contributed by atoms with Gasteiger partial charge in [-0.2, -0.15) is 0 Å². The molecule has 0 aromatic heterocycles. The Balaban J connectivity index is 2.40. The number of carbonyl (C=O) groups is 2. The minimum absolute atomic E-state index is 0.0754. The summed E-state index contributed by atoms with van der Waals surface area (Å²) in [5.74, 6) is 0.556. The Kier molecular flexibility index (Phi) is 6.64. The van der Waals surface area contributed by atoms with Crippen LogP contribution in [-0.4, -0.2) is 25.5 Å². The zero-order valence-electron chi connectivity index (χ0n) is 11.5. The molecule has 0 unspecified atom stereocenters. The fourth-order valence-electron chi connectivity index (χ4n) is 1.73. The summed E-state index contributed by atoms with van der Waals surface area (Å²) in [6.07, 6.45) is 2.16. The first kappa shape index (κ1) is 15.2. The average Bonchev–Trinajstić information content (AvgIpc) is 2.43. The van der Waals surface area contributed by atoms with Crippen molar-refractivity contribution < 1.29 is 19.1 Å². The Labute approximate surface area is 113 Å². The molecule has 0 fully saturated rings. The minimum atomic E-state index is -0.231. The Morgan fingerprint density at radius 3 is 2.58 bits per heavy atom. The molecule has 1 rings (SSSR count). The summed E-state index contributed by atoms with van der Waals surface area (Å²) >= 11 is 0. The van der Waals surface area contributed by atoms with Crippen LogP contribution in [-0.2, 0) is 9.53 Å². The van der Waals surface area contributed by atoms with Crippen LogP contribution < -0.4 is 4.74 Å². The number of methoxy groups -OCH3 is 1. The van der Waals surface area contributed by atoms with Gasteiger partial charge in [0.25, 0.3) is 0 Å². The van der Waals surface area contributed by atoms with Gasteiger partial charge >= 0.3 is 5.97 Å². The van der Waals surface area contributed by atoms with Gasteiger partial charge in [-0.3, -0.25) is 9.59 Å². The van der Waals surface area contributed by atoms with Gasteiger partial charge in [-0.1, -0.05) is 12.1 Å². The van der Waals surface area contributed by atoms with Crippen LogP contribution in [0.4, 0.5) is 0 Å². The fourth-order valence-corrected chi connectivity index (χ4v) is 1.73.